The molecule has 12 heteroatoms. The van der Waals surface area contributed by atoms with Crippen LogP contribution in [-0.2, 0) is 10.0 Å². The minimum atomic E-state index is -3.70. The number of sulfonamides is 1. The zero-order valence-corrected chi connectivity index (χ0v) is 20.4. The molecule has 3 heterocycles. The second-order valence-corrected chi connectivity index (χ2v) is 10.1. The van der Waals surface area contributed by atoms with E-state index >= 15 is 0 Å². The molecular formula is C23H25N7O4S. The van der Waals surface area contributed by atoms with Gasteiger partial charge in [0.05, 0.1) is 24.8 Å². The van der Waals surface area contributed by atoms with Crippen molar-refractivity contribution in [1.82, 2.24) is 29.3 Å². The number of fused-ring (bicyclic) bond motifs is 1. The van der Waals surface area contributed by atoms with E-state index in [4.69, 9.17) is 9.47 Å². The molecule has 5 rings (SSSR count). The summed E-state index contributed by atoms with van der Waals surface area (Å²) in [6, 6.07) is 12.5. The molecule has 0 aliphatic carbocycles. The van der Waals surface area contributed by atoms with Gasteiger partial charge >= 0.3 is 0 Å². The van der Waals surface area contributed by atoms with Gasteiger partial charge in [0.25, 0.3) is 0 Å². The summed E-state index contributed by atoms with van der Waals surface area (Å²) in [7, 11) is -0.712. The van der Waals surface area contributed by atoms with Gasteiger partial charge in [0, 0.05) is 32.2 Å². The van der Waals surface area contributed by atoms with Crippen molar-refractivity contribution < 1.29 is 17.9 Å². The lowest BCUT2D eigenvalue weighted by atomic mass is 10.2. The first-order valence-electron chi connectivity index (χ1n) is 11.0. The molecule has 4 aromatic rings. The smallest absolute Gasteiger partial charge is 0.243 e. The highest BCUT2D eigenvalue weighted by atomic mass is 32.2. The third kappa shape index (κ3) is 4.15. The fourth-order valence-corrected chi connectivity index (χ4v) is 5.53. The molecule has 0 amide bonds. The lowest BCUT2D eigenvalue weighted by Crippen LogP contribution is -2.49. The number of aromatic nitrogens is 5. The molecule has 11 nitrogen and oxygen atoms in total. The maximum atomic E-state index is 13.3. The van der Waals surface area contributed by atoms with E-state index < -0.39 is 10.0 Å². The first kappa shape index (κ1) is 23.0. The highest BCUT2D eigenvalue weighted by molar-refractivity contribution is 7.89. The van der Waals surface area contributed by atoms with Gasteiger partial charge in [-0.2, -0.15) is 8.99 Å². The molecule has 0 spiro atoms. The van der Waals surface area contributed by atoms with Gasteiger partial charge in [-0.1, -0.05) is 22.9 Å². The molecule has 1 saturated heterocycles. The molecule has 0 atom stereocenters. The largest absolute Gasteiger partial charge is 0.493 e. The summed E-state index contributed by atoms with van der Waals surface area (Å²) in [6.07, 6.45) is 1.48. The van der Waals surface area contributed by atoms with E-state index in [9.17, 15) is 8.42 Å². The van der Waals surface area contributed by atoms with Crippen LogP contribution in [0.3, 0.4) is 0 Å². The zero-order valence-electron chi connectivity index (χ0n) is 19.6. The Labute approximate surface area is 203 Å². The predicted molar refractivity (Wildman–Crippen MR) is 130 cm³/mol. The summed E-state index contributed by atoms with van der Waals surface area (Å²) in [6.45, 7) is 3.53. The molecule has 0 unspecified atom stereocenters. The molecule has 1 aliphatic heterocycles. The van der Waals surface area contributed by atoms with Crippen LogP contribution in [0.2, 0.25) is 0 Å². The van der Waals surface area contributed by atoms with Crippen LogP contribution in [0.15, 0.2) is 53.7 Å². The summed E-state index contributed by atoms with van der Waals surface area (Å²) >= 11 is 0. The molecule has 2 aromatic carbocycles. The third-order valence-electron chi connectivity index (χ3n) is 6.03. The number of hydrogen-bond donors (Lipinski definition) is 0. The maximum Gasteiger partial charge on any atom is 0.243 e. The van der Waals surface area contributed by atoms with E-state index in [1.54, 1.807) is 10.7 Å². The van der Waals surface area contributed by atoms with E-state index in [2.05, 4.69) is 20.3 Å². The molecular weight excluding hydrogens is 470 g/mol. The monoisotopic (exact) mass is 495 g/mol. The van der Waals surface area contributed by atoms with E-state index in [0.29, 0.717) is 54.7 Å². The standard InChI is InChI=1S/C23H25N7O4S/c1-16-4-6-17(7-5-16)30-23-21(26-27-30)22(24-15-25-23)28-10-12-29(13-11-28)35(31,32)18-8-9-19(33-2)20(14-18)34-3/h4-9,14-15H,10-13H2,1-3H3. The summed E-state index contributed by atoms with van der Waals surface area (Å²) < 4.78 is 40.1. The van der Waals surface area contributed by atoms with Crippen LogP contribution in [0.1, 0.15) is 5.56 Å². The fourth-order valence-electron chi connectivity index (χ4n) is 4.09. The fraction of sp³-hybridized carbons (Fsp3) is 0.304. The van der Waals surface area contributed by atoms with Crippen LogP contribution in [-0.4, -0.2) is 78.1 Å². The Hall–Kier alpha value is -3.77. The average molecular weight is 496 g/mol. The summed E-state index contributed by atoms with van der Waals surface area (Å²) in [4.78, 5) is 11.0. The molecule has 0 saturated carbocycles. The van der Waals surface area contributed by atoms with Gasteiger partial charge in [-0.15, -0.1) is 5.10 Å². The first-order valence-corrected chi connectivity index (χ1v) is 12.5. The van der Waals surface area contributed by atoms with E-state index in [1.165, 1.54) is 37.0 Å². The quantitative estimate of drug-likeness (QED) is 0.396. The van der Waals surface area contributed by atoms with Crippen LogP contribution in [0.4, 0.5) is 5.82 Å². The predicted octanol–water partition coefficient (Wildman–Crippen LogP) is 2.05. The van der Waals surface area contributed by atoms with Crippen molar-refractivity contribution in [3.05, 3.63) is 54.4 Å². The van der Waals surface area contributed by atoms with Crippen molar-refractivity contribution in [2.45, 2.75) is 11.8 Å². The Morgan fingerprint density at radius 2 is 1.60 bits per heavy atom. The average Bonchev–Trinajstić information content (AvgIpc) is 3.33. The molecule has 1 fully saturated rings. The number of anilines is 1. The summed E-state index contributed by atoms with van der Waals surface area (Å²) in [5.74, 6) is 1.48. The van der Waals surface area contributed by atoms with Crippen molar-refractivity contribution in [3.8, 4) is 17.2 Å². The van der Waals surface area contributed by atoms with E-state index in [0.717, 1.165) is 11.3 Å². The second-order valence-electron chi connectivity index (χ2n) is 8.11. The van der Waals surface area contributed by atoms with Crippen LogP contribution in [0.25, 0.3) is 16.9 Å². The number of piperazine rings is 1. The molecule has 0 radical (unpaired) electrons. The first-order chi connectivity index (χ1) is 16.9. The molecule has 0 bridgehead atoms. The van der Waals surface area contributed by atoms with Gasteiger partial charge in [-0.25, -0.2) is 18.4 Å². The number of benzene rings is 2. The van der Waals surface area contributed by atoms with Gasteiger partial charge in [-0.3, -0.25) is 0 Å². The minimum absolute atomic E-state index is 0.161. The molecule has 1 aliphatic rings. The number of ether oxygens (including phenoxy) is 2. The van der Waals surface area contributed by atoms with Gasteiger partial charge in [0.2, 0.25) is 10.0 Å². The Kier molecular flexibility index (Phi) is 5.99. The van der Waals surface area contributed by atoms with Gasteiger partial charge in [0.15, 0.2) is 28.5 Å². The van der Waals surface area contributed by atoms with Crippen LogP contribution in [0, 0.1) is 6.92 Å². The maximum absolute atomic E-state index is 13.3. The highest BCUT2D eigenvalue weighted by Crippen LogP contribution is 2.31. The lowest BCUT2D eigenvalue weighted by Gasteiger charge is -2.34. The number of hydrogen-bond acceptors (Lipinski definition) is 9. The van der Waals surface area contributed by atoms with Gasteiger partial charge in [-0.05, 0) is 31.2 Å². The number of aryl methyl sites for hydroxylation is 1. The topological polar surface area (TPSA) is 116 Å². The van der Waals surface area contributed by atoms with Gasteiger partial charge < -0.3 is 14.4 Å². The highest BCUT2D eigenvalue weighted by Gasteiger charge is 2.31. The van der Waals surface area contributed by atoms with Crippen molar-refractivity contribution >= 4 is 27.0 Å². The summed E-state index contributed by atoms with van der Waals surface area (Å²) in [5.41, 5.74) is 3.17. The Morgan fingerprint density at radius 1 is 0.886 bits per heavy atom. The number of nitrogens with zero attached hydrogens (tertiary/aromatic N) is 7. The van der Waals surface area contributed by atoms with E-state index in [1.807, 2.05) is 36.1 Å². The molecule has 182 valence electrons. The third-order valence-corrected chi connectivity index (χ3v) is 7.92. The Morgan fingerprint density at radius 3 is 2.29 bits per heavy atom. The molecule has 35 heavy (non-hydrogen) atoms. The van der Waals surface area contributed by atoms with Crippen molar-refractivity contribution in [1.29, 1.82) is 0 Å². The molecule has 2 aromatic heterocycles. The normalized spacial score (nSPS) is 14.9. The Bertz CT molecular complexity index is 1460. The summed E-state index contributed by atoms with van der Waals surface area (Å²) in [5, 5.41) is 8.62. The van der Waals surface area contributed by atoms with Gasteiger partial charge in [0.1, 0.15) is 6.33 Å². The Balaban J connectivity index is 1.37. The SMILES string of the molecule is COc1ccc(S(=O)(=O)N2CCN(c3ncnc4c3nnn4-c3ccc(C)cc3)CC2)cc1OC. The van der Waals surface area contributed by atoms with E-state index in [-0.39, 0.29) is 4.90 Å². The molecule has 0 N–H and O–H groups in total. The van der Waals surface area contributed by atoms with Crippen molar-refractivity contribution in [2.24, 2.45) is 0 Å². The van der Waals surface area contributed by atoms with Crippen molar-refractivity contribution in [3.63, 3.8) is 0 Å². The zero-order chi connectivity index (χ0) is 24.6. The lowest BCUT2D eigenvalue weighted by molar-refractivity contribution is 0.353. The van der Waals surface area contributed by atoms with Crippen molar-refractivity contribution in [2.75, 3.05) is 45.3 Å². The van der Waals surface area contributed by atoms with Crippen LogP contribution < -0.4 is 14.4 Å². The second kappa shape index (κ2) is 9.12. The minimum Gasteiger partial charge on any atom is -0.493 e. The van der Waals surface area contributed by atoms with Crippen LogP contribution in [0.5, 0.6) is 11.5 Å². The number of methoxy groups -OCH3 is 2. The van der Waals surface area contributed by atoms with Crippen LogP contribution >= 0.6 is 0 Å². The number of rotatable bonds is 6.